The van der Waals surface area contributed by atoms with E-state index in [9.17, 15) is 4.79 Å². The van der Waals surface area contributed by atoms with Crippen LogP contribution in [0.5, 0.6) is 5.75 Å². The molecule has 1 aromatic carbocycles. The lowest BCUT2D eigenvalue weighted by Gasteiger charge is -2.25. The minimum atomic E-state index is 0. The highest BCUT2D eigenvalue weighted by Crippen LogP contribution is 2.29. The van der Waals surface area contributed by atoms with E-state index in [2.05, 4.69) is 4.98 Å². The highest BCUT2D eigenvalue weighted by Gasteiger charge is 2.22. The molecule has 0 saturated heterocycles. The van der Waals surface area contributed by atoms with Crippen LogP contribution < -0.4 is 10.5 Å². The van der Waals surface area contributed by atoms with Crippen molar-refractivity contribution in [1.82, 2.24) is 4.98 Å². The number of aromatic nitrogens is 1. The molecule has 4 nitrogen and oxygen atoms in total. The number of nitrogens with two attached hydrogens (primary N) is 1. The molecular formula is C18H23ClN2O2. The number of hydrogen-bond donors (Lipinski definition) is 1. The number of ether oxygens (including phenoxy) is 1. The Hall–Kier alpha value is -1.65. The first-order chi connectivity index (χ1) is 10.7. The normalized spacial score (nSPS) is 20.8. The molecule has 5 heteroatoms. The van der Waals surface area contributed by atoms with Gasteiger partial charge in [0.2, 0.25) is 0 Å². The summed E-state index contributed by atoms with van der Waals surface area (Å²) in [6.07, 6.45) is 6.48. The van der Waals surface area contributed by atoms with E-state index in [1.54, 1.807) is 13.3 Å². The van der Waals surface area contributed by atoms with Crippen molar-refractivity contribution in [3.8, 4) is 5.75 Å². The smallest absolute Gasteiger partial charge is 0.163 e. The maximum absolute atomic E-state index is 12.7. The zero-order chi connectivity index (χ0) is 15.5. The van der Waals surface area contributed by atoms with Crippen molar-refractivity contribution >= 4 is 29.1 Å². The molecule has 0 amide bonds. The Morgan fingerprint density at radius 2 is 2.00 bits per heavy atom. The van der Waals surface area contributed by atoms with Crippen molar-refractivity contribution in [1.29, 1.82) is 0 Å². The zero-order valence-electron chi connectivity index (χ0n) is 13.3. The van der Waals surface area contributed by atoms with Crippen LogP contribution in [0.4, 0.5) is 0 Å². The standard InChI is InChI=1S/C18H22N2O2.ClH/c1-22-14-6-7-17-16(11-14)15(8-9-20-17)18(21)10-12-2-4-13(19)5-3-12;/h6-9,11-13H,2-5,10,19H2,1H3;1H. The van der Waals surface area contributed by atoms with E-state index in [0.29, 0.717) is 18.4 Å². The van der Waals surface area contributed by atoms with E-state index in [1.807, 2.05) is 24.3 Å². The van der Waals surface area contributed by atoms with Crippen LogP contribution in [-0.2, 0) is 0 Å². The van der Waals surface area contributed by atoms with Gasteiger partial charge >= 0.3 is 0 Å². The molecular weight excluding hydrogens is 312 g/mol. The lowest BCUT2D eigenvalue weighted by Crippen LogP contribution is -2.27. The van der Waals surface area contributed by atoms with E-state index >= 15 is 0 Å². The summed E-state index contributed by atoms with van der Waals surface area (Å²) in [7, 11) is 1.63. The average molecular weight is 335 g/mol. The third kappa shape index (κ3) is 4.01. The van der Waals surface area contributed by atoms with Crippen LogP contribution in [0.15, 0.2) is 30.5 Å². The first kappa shape index (κ1) is 17.7. The SMILES string of the molecule is COc1ccc2nccc(C(=O)CC3CCC(N)CC3)c2c1.Cl. The number of benzene rings is 1. The third-order valence-electron chi connectivity index (χ3n) is 4.61. The second-order valence-corrected chi connectivity index (χ2v) is 6.15. The second-order valence-electron chi connectivity index (χ2n) is 6.15. The minimum Gasteiger partial charge on any atom is -0.497 e. The van der Waals surface area contributed by atoms with Crippen molar-refractivity contribution in [3.05, 3.63) is 36.0 Å². The summed E-state index contributed by atoms with van der Waals surface area (Å²) < 4.78 is 5.27. The first-order valence-electron chi connectivity index (χ1n) is 7.89. The van der Waals surface area contributed by atoms with E-state index in [4.69, 9.17) is 10.5 Å². The van der Waals surface area contributed by atoms with Gasteiger partial charge in [0.05, 0.1) is 12.6 Å². The number of hydrogen-bond acceptors (Lipinski definition) is 4. The molecule has 2 N–H and O–H groups in total. The van der Waals surface area contributed by atoms with Crippen LogP contribution in [0.2, 0.25) is 0 Å². The lowest BCUT2D eigenvalue weighted by molar-refractivity contribution is 0.0949. The number of Topliss-reactive ketones (excluding diaryl/α,β-unsaturated/α-hetero) is 1. The quantitative estimate of drug-likeness (QED) is 0.865. The largest absolute Gasteiger partial charge is 0.497 e. The molecule has 0 spiro atoms. The van der Waals surface area contributed by atoms with E-state index in [0.717, 1.165) is 47.9 Å². The number of carbonyl (C=O) groups is 1. The first-order valence-corrected chi connectivity index (χ1v) is 7.89. The lowest BCUT2D eigenvalue weighted by atomic mass is 9.82. The van der Waals surface area contributed by atoms with Crippen molar-refractivity contribution in [2.45, 2.75) is 38.1 Å². The minimum absolute atomic E-state index is 0. The van der Waals surface area contributed by atoms with Crippen LogP contribution in [0, 0.1) is 5.92 Å². The van der Waals surface area contributed by atoms with Crippen molar-refractivity contribution in [3.63, 3.8) is 0 Å². The summed E-state index contributed by atoms with van der Waals surface area (Å²) in [4.78, 5) is 17.0. The molecule has 0 radical (unpaired) electrons. The fourth-order valence-electron chi connectivity index (χ4n) is 3.26. The number of carbonyl (C=O) groups excluding carboxylic acids is 1. The van der Waals surface area contributed by atoms with Crippen molar-refractivity contribution in [2.24, 2.45) is 11.7 Å². The van der Waals surface area contributed by atoms with Crippen LogP contribution in [0.25, 0.3) is 10.9 Å². The van der Waals surface area contributed by atoms with Crippen molar-refractivity contribution in [2.75, 3.05) is 7.11 Å². The second kappa shape index (κ2) is 7.75. The number of halogens is 1. The molecule has 124 valence electrons. The van der Waals surface area contributed by atoms with Gasteiger partial charge in [-0.3, -0.25) is 9.78 Å². The molecule has 0 unspecified atom stereocenters. The number of rotatable bonds is 4. The summed E-state index contributed by atoms with van der Waals surface area (Å²) in [6.45, 7) is 0. The van der Waals surface area contributed by atoms with E-state index < -0.39 is 0 Å². The van der Waals surface area contributed by atoms with Crippen LogP contribution in [0.3, 0.4) is 0 Å². The van der Waals surface area contributed by atoms with Crippen molar-refractivity contribution < 1.29 is 9.53 Å². The van der Waals surface area contributed by atoms with Gasteiger partial charge in [0.1, 0.15) is 5.75 Å². The van der Waals surface area contributed by atoms with Gasteiger partial charge in [0.15, 0.2) is 5.78 Å². The summed E-state index contributed by atoms with van der Waals surface area (Å²) in [5, 5.41) is 0.874. The summed E-state index contributed by atoms with van der Waals surface area (Å²) in [5.41, 5.74) is 7.52. The zero-order valence-corrected chi connectivity index (χ0v) is 14.1. The van der Waals surface area contributed by atoms with E-state index in [-0.39, 0.29) is 18.2 Å². The number of nitrogens with zero attached hydrogens (tertiary/aromatic N) is 1. The topological polar surface area (TPSA) is 65.2 Å². The molecule has 1 saturated carbocycles. The van der Waals surface area contributed by atoms with Gasteiger partial charge in [-0.15, -0.1) is 12.4 Å². The van der Waals surface area contributed by atoms with Gasteiger partial charge in [-0.2, -0.15) is 0 Å². The Bertz CT molecular complexity index is 682. The molecule has 2 aromatic rings. The Balaban J connectivity index is 0.00000192. The average Bonchev–Trinajstić information content (AvgIpc) is 2.55. The predicted octanol–water partition coefficient (Wildman–Crippen LogP) is 3.76. The highest BCUT2D eigenvalue weighted by molar-refractivity contribution is 6.07. The van der Waals surface area contributed by atoms with Crippen LogP contribution in [0.1, 0.15) is 42.5 Å². The number of ketones is 1. The molecule has 1 fully saturated rings. The molecule has 1 heterocycles. The maximum Gasteiger partial charge on any atom is 0.163 e. The number of pyridine rings is 1. The fraction of sp³-hybridized carbons (Fsp3) is 0.444. The van der Waals surface area contributed by atoms with Gasteiger partial charge in [-0.05, 0) is 55.9 Å². The van der Waals surface area contributed by atoms with Gasteiger partial charge in [-0.1, -0.05) is 0 Å². The highest BCUT2D eigenvalue weighted by atomic mass is 35.5. The maximum atomic E-state index is 12.7. The molecule has 0 aliphatic heterocycles. The Morgan fingerprint density at radius 1 is 1.26 bits per heavy atom. The third-order valence-corrected chi connectivity index (χ3v) is 4.61. The molecule has 0 atom stereocenters. The number of methoxy groups -OCH3 is 1. The Kier molecular flexibility index (Phi) is 5.97. The monoisotopic (exact) mass is 334 g/mol. The molecule has 3 rings (SSSR count). The number of fused-ring (bicyclic) bond motifs is 1. The summed E-state index contributed by atoms with van der Waals surface area (Å²) in [6, 6.07) is 7.79. The molecule has 1 aliphatic rings. The Labute approximate surface area is 142 Å². The Morgan fingerprint density at radius 3 is 2.70 bits per heavy atom. The van der Waals surface area contributed by atoms with Gasteiger partial charge < -0.3 is 10.5 Å². The molecule has 0 bridgehead atoms. The van der Waals surface area contributed by atoms with E-state index in [1.165, 1.54) is 0 Å². The predicted molar refractivity (Wildman–Crippen MR) is 94.4 cm³/mol. The van der Waals surface area contributed by atoms with Crippen LogP contribution >= 0.6 is 12.4 Å². The summed E-state index contributed by atoms with van der Waals surface area (Å²) in [5.74, 6) is 1.40. The van der Waals surface area contributed by atoms with Gasteiger partial charge in [0, 0.05) is 29.6 Å². The molecule has 1 aromatic heterocycles. The van der Waals surface area contributed by atoms with Crippen LogP contribution in [-0.4, -0.2) is 23.9 Å². The molecule has 1 aliphatic carbocycles. The molecule has 23 heavy (non-hydrogen) atoms. The fourth-order valence-corrected chi connectivity index (χ4v) is 3.26. The van der Waals surface area contributed by atoms with Gasteiger partial charge in [-0.25, -0.2) is 0 Å². The summed E-state index contributed by atoms with van der Waals surface area (Å²) >= 11 is 0. The van der Waals surface area contributed by atoms with Gasteiger partial charge in [0.25, 0.3) is 0 Å².